The third-order valence-corrected chi connectivity index (χ3v) is 7.04. The van der Waals surface area contributed by atoms with Gasteiger partial charge in [0.15, 0.2) is 5.43 Å². The van der Waals surface area contributed by atoms with Gasteiger partial charge in [0.05, 0.1) is 16.6 Å². The average molecular weight is 457 g/mol. The predicted molar refractivity (Wildman–Crippen MR) is 117 cm³/mol. The van der Waals surface area contributed by atoms with Gasteiger partial charge in [0, 0.05) is 33.1 Å². The molecule has 2 aliphatic rings. The van der Waals surface area contributed by atoms with Crippen LogP contribution in [-0.2, 0) is 0 Å². The number of piperidine rings is 1. The van der Waals surface area contributed by atoms with Crippen LogP contribution < -0.4 is 10.2 Å². The standard InChI is InChI=1S/C22H21BrN2O2S/c23-15-4-5-20-18(12-15)25-9-6-19(26)17-13-16(14-21(28-20)22(17)25)27-11-10-24-7-2-1-3-8-24/h4-6,9,12-14H,1-3,7-8,10-11H2. The molecule has 3 aromatic rings. The minimum absolute atomic E-state index is 0.0352. The first-order valence-corrected chi connectivity index (χ1v) is 11.3. The molecule has 1 aromatic heterocycles. The van der Waals surface area contributed by atoms with Crippen LogP contribution in [0.5, 0.6) is 5.75 Å². The van der Waals surface area contributed by atoms with Gasteiger partial charge in [0.1, 0.15) is 12.4 Å². The second-order valence-corrected chi connectivity index (χ2v) is 9.33. The summed E-state index contributed by atoms with van der Waals surface area (Å²) in [5, 5.41) is 0.714. The number of rotatable bonds is 4. The summed E-state index contributed by atoms with van der Waals surface area (Å²) in [7, 11) is 0. The first-order chi connectivity index (χ1) is 13.7. The first-order valence-electron chi connectivity index (χ1n) is 9.71. The van der Waals surface area contributed by atoms with Crippen molar-refractivity contribution in [1.29, 1.82) is 0 Å². The summed E-state index contributed by atoms with van der Waals surface area (Å²) in [6, 6.07) is 11.9. The number of pyridine rings is 1. The first kappa shape index (κ1) is 18.3. The zero-order valence-corrected chi connectivity index (χ0v) is 17.9. The maximum Gasteiger partial charge on any atom is 0.189 e. The Hall–Kier alpha value is -1.76. The van der Waals surface area contributed by atoms with E-state index in [0.29, 0.717) is 12.0 Å². The molecule has 0 unspecified atom stereocenters. The Kier molecular flexibility index (Phi) is 4.95. The van der Waals surface area contributed by atoms with Crippen molar-refractivity contribution >= 4 is 38.6 Å². The summed E-state index contributed by atoms with van der Waals surface area (Å²) in [6.07, 6.45) is 5.78. The smallest absolute Gasteiger partial charge is 0.189 e. The van der Waals surface area contributed by atoms with Crippen molar-refractivity contribution in [3.8, 4) is 11.4 Å². The molecular weight excluding hydrogens is 436 g/mol. The normalized spacial score (nSPS) is 16.2. The molecule has 5 rings (SSSR count). The number of halogens is 1. The highest BCUT2D eigenvalue weighted by Gasteiger charge is 2.21. The number of ether oxygens (including phenoxy) is 1. The van der Waals surface area contributed by atoms with Crippen molar-refractivity contribution in [2.75, 3.05) is 26.2 Å². The van der Waals surface area contributed by atoms with Crippen LogP contribution in [0.3, 0.4) is 0 Å². The minimum atomic E-state index is 0.0352. The summed E-state index contributed by atoms with van der Waals surface area (Å²) in [4.78, 5) is 17.3. The molecule has 4 nitrogen and oxygen atoms in total. The van der Waals surface area contributed by atoms with Gasteiger partial charge in [0.2, 0.25) is 0 Å². The second-order valence-electron chi connectivity index (χ2n) is 7.33. The Morgan fingerprint density at radius 1 is 1.04 bits per heavy atom. The van der Waals surface area contributed by atoms with E-state index in [1.54, 1.807) is 17.8 Å². The Balaban J connectivity index is 1.49. The Labute approximate surface area is 176 Å². The molecule has 0 N–H and O–H groups in total. The van der Waals surface area contributed by atoms with Crippen LogP contribution in [0.2, 0.25) is 0 Å². The quantitative estimate of drug-likeness (QED) is 0.428. The van der Waals surface area contributed by atoms with Crippen LogP contribution in [0, 0.1) is 0 Å². The molecule has 0 spiro atoms. The third-order valence-electron chi connectivity index (χ3n) is 5.46. The monoisotopic (exact) mass is 456 g/mol. The number of benzene rings is 2. The van der Waals surface area contributed by atoms with Crippen LogP contribution in [0.4, 0.5) is 0 Å². The summed E-state index contributed by atoms with van der Waals surface area (Å²) in [5.41, 5.74) is 2.09. The molecule has 2 aliphatic heterocycles. The lowest BCUT2D eigenvalue weighted by Crippen LogP contribution is -2.33. The lowest BCUT2D eigenvalue weighted by Gasteiger charge is -2.26. The highest BCUT2D eigenvalue weighted by molar-refractivity contribution is 9.10. The van der Waals surface area contributed by atoms with Gasteiger partial charge in [-0.3, -0.25) is 9.69 Å². The van der Waals surface area contributed by atoms with Crippen molar-refractivity contribution in [3.05, 3.63) is 57.3 Å². The molecule has 1 fully saturated rings. The van der Waals surface area contributed by atoms with E-state index >= 15 is 0 Å². The van der Waals surface area contributed by atoms with Crippen molar-refractivity contribution in [3.63, 3.8) is 0 Å². The number of likely N-dealkylation sites (tertiary alicyclic amines) is 1. The molecule has 0 atom stereocenters. The molecule has 144 valence electrons. The maximum absolute atomic E-state index is 12.6. The summed E-state index contributed by atoms with van der Waals surface area (Å²) < 4.78 is 9.21. The molecule has 0 radical (unpaired) electrons. The molecule has 0 bridgehead atoms. The van der Waals surface area contributed by atoms with Crippen molar-refractivity contribution in [1.82, 2.24) is 9.47 Å². The Morgan fingerprint density at radius 2 is 1.89 bits per heavy atom. The largest absolute Gasteiger partial charge is 0.492 e. The van der Waals surface area contributed by atoms with Crippen LogP contribution in [0.15, 0.2) is 61.7 Å². The van der Waals surface area contributed by atoms with Gasteiger partial charge in [-0.15, -0.1) is 0 Å². The Morgan fingerprint density at radius 3 is 2.75 bits per heavy atom. The summed E-state index contributed by atoms with van der Waals surface area (Å²) in [5.74, 6) is 0.780. The molecular formula is C22H21BrN2O2S. The fraction of sp³-hybridized carbons (Fsp3) is 0.318. The van der Waals surface area contributed by atoms with Crippen LogP contribution in [0.1, 0.15) is 19.3 Å². The maximum atomic E-state index is 12.6. The molecule has 6 heteroatoms. The highest BCUT2D eigenvalue weighted by atomic mass is 79.9. The second kappa shape index (κ2) is 7.58. The average Bonchev–Trinajstić information content (AvgIpc) is 2.71. The lowest BCUT2D eigenvalue weighted by atomic mass is 10.1. The SMILES string of the molecule is O=c1ccn2c3c(cc(OCCN4CCCCC4)cc13)Sc1ccc(Br)cc1-2. The summed E-state index contributed by atoms with van der Waals surface area (Å²) in [6.45, 7) is 3.93. The fourth-order valence-electron chi connectivity index (χ4n) is 4.05. The van der Waals surface area contributed by atoms with Crippen LogP contribution in [0.25, 0.3) is 16.6 Å². The van der Waals surface area contributed by atoms with E-state index in [1.165, 1.54) is 37.2 Å². The van der Waals surface area contributed by atoms with E-state index in [2.05, 4.69) is 49.7 Å². The predicted octanol–water partition coefficient (Wildman–Crippen LogP) is 5.08. The molecule has 2 aromatic carbocycles. The number of fused-ring (bicyclic) bond motifs is 2. The van der Waals surface area contributed by atoms with E-state index in [9.17, 15) is 4.79 Å². The van der Waals surface area contributed by atoms with Gasteiger partial charge in [-0.25, -0.2) is 0 Å². The van der Waals surface area contributed by atoms with Gasteiger partial charge in [-0.1, -0.05) is 34.1 Å². The Bertz CT molecular complexity index is 1110. The van der Waals surface area contributed by atoms with Gasteiger partial charge in [0.25, 0.3) is 0 Å². The molecule has 0 aliphatic carbocycles. The third kappa shape index (κ3) is 3.38. The van der Waals surface area contributed by atoms with Gasteiger partial charge in [-0.2, -0.15) is 0 Å². The molecule has 3 heterocycles. The van der Waals surface area contributed by atoms with Gasteiger partial charge in [-0.05, 0) is 56.3 Å². The zero-order chi connectivity index (χ0) is 19.1. The van der Waals surface area contributed by atoms with E-state index in [0.717, 1.165) is 32.9 Å². The van der Waals surface area contributed by atoms with Crippen molar-refractivity contribution in [2.24, 2.45) is 0 Å². The van der Waals surface area contributed by atoms with E-state index < -0.39 is 0 Å². The molecule has 0 amide bonds. The minimum Gasteiger partial charge on any atom is -0.492 e. The zero-order valence-electron chi connectivity index (χ0n) is 15.5. The molecule has 1 saturated heterocycles. The van der Waals surface area contributed by atoms with Crippen molar-refractivity contribution < 1.29 is 4.74 Å². The fourth-order valence-corrected chi connectivity index (χ4v) is 5.51. The number of hydrogen-bond acceptors (Lipinski definition) is 4. The van der Waals surface area contributed by atoms with Crippen molar-refractivity contribution in [2.45, 2.75) is 29.1 Å². The van der Waals surface area contributed by atoms with Gasteiger partial charge < -0.3 is 9.30 Å². The van der Waals surface area contributed by atoms with E-state index in [4.69, 9.17) is 4.74 Å². The topological polar surface area (TPSA) is 34.5 Å². The van der Waals surface area contributed by atoms with Crippen LogP contribution in [-0.4, -0.2) is 35.7 Å². The van der Waals surface area contributed by atoms with E-state index in [1.807, 2.05) is 12.3 Å². The molecule has 0 saturated carbocycles. The highest BCUT2D eigenvalue weighted by Crippen LogP contribution is 2.44. The number of hydrogen-bond donors (Lipinski definition) is 0. The lowest BCUT2D eigenvalue weighted by molar-refractivity contribution is 0.183. The number of nitrogens with zero attached hydrogens (tertiary/aromatic N) is 2. The summed E-state index contributed by atoms with van der Waals surface area (Å²) >= 11 is 5.25. The number of aromatic nitrogens is 1. The molecule has 28 heavy (non-hydrogen) atoms. The van der Waals surface area contributed by atoms with Crippen LogP contribution >= 0.6 is 27.7 Å². The van der Waals surface area contributed by atoms with E-state index in [-0.39, 0.29) is 5.43 Å². The van der Waals surface area contributed by atoms with Gasteiger partial charge >= 0.3 is 0 Å².